The van der Waals surface area contributed by atoms with E-state index in [1.807, 2.05) is 23.1 Å². The lowest BCUT2D eigenvalue weighted by atomic mass is 9.77. The number of nitriles is 2. The van der Waals surface area contributed by atoms with Crippen LogP contribution in [-0.4, -0.2) is 28.8 Å². The average Bonchev–Trinajstić information content (AvgIpc) is 3.52. The molecule has 3 aliphatic rings. The first kappa shape index (κ1) is 18.5. The van der Waals surface area contributed by atoms with E-state index < -0.39 is 5.54 Å². The van der Waals surface area contributed by atoms with Gasteiger partial charge >= 0.3 is 0 Å². The van der Waals surface area contributed by atoms with Gasteiger partial charge in [-0.15, -0.1) is 0 Å². The Bertz CT molecular complexity index is 891. The summed E-state index contributed by atoms with van der Waals surface area (Å²) < 4.78 is 0. The standard InChI is InChI=1S/C22H24N4O2/c23-12-15-5-6-16-7-10-26(13-17(16)11-15)21(28)19-4-2-1-3-18(19)20(27)25-22(14-24)8-9-22/h5-6,11,18-19H,1-4,7-10,13H2,(H,25,27)/t18-,19-/m1/s1. The summed E-state index contributed by atoms with van der Waals surface area (Å²) in [6.45, 7) is 1.14. The molecule has 144 valence electrons. The van der Waals surface area contributed by atoms with Gasteiger partial charge in [-0.05, 0) is 55.4 Å². The van der Waals surface area contributed by atoms with E-state index in [-0.39, 0.29) is 23.7 Å². The van der Waals surface area contributed by atoms with Crippen LogP contribution in [0, 0.1) is 34.5 Å². The van der Waals surface area contributed by atoms with Crippen molar-refractivity contribution in [1.29, 1.82) is 10.5 Å². The van der Waals surface area contributed by atoms with E-state index in [9.17, 15) is 14.9 Å². The number of nitrogens with one attached hydrogen (secondary N) is 1. The Kier molecular flexibility index (Phi) is 4.81. The van der Waals surface area contributed by atoms with Crippen molar-refractivity contribution in [2.45, 2.75) is 57.0 Å². The Labute approximate surface area is 165 Å². The number of hydrogen-bond acceptors (Lipinski definition) is 4. The first-order chi connectivity index (χ1) is 13.5. The third-order valence-corrected chi connectivity index (χ3v) is 6.41. The maximum Gasteiger partial charge on any atom is 0.226 e. The monoisotopic (exact) mass is 376 g/mol. The van der Waals surface area contributed by atoms with Gasteiger partial charge in [-0.3, -0.25) is 9.59 Å². The van der Waals surface area contributed by atoms with Crippen molar-refractivity contribution < 1.29 is 9.59 Å². The van der Waals surface area contributed by atoms with Crippen molar-refractivity contribution in [3.63, 3.8) is 0 Å². The molecule has 1 N–H and O–H groups in total. The smallest absolute Gasteiger partial charge is 0.226 e. The second-order valence-corrected chi connectivity index (χ2v) is 8.29. The summed E-state index contributed by atoms with van der Waals surface area (Å²) in [5.41, 5.74) is 2.12. The van der Waals surface area contributed by atoms with Gasteiger partial charge in [-0.25, -0.2) is 0 Å². The minimum Gasteiger partial charge on any atom is -0.338 e. The summed E-state index contributed by atoms with van der Waals surface area (Å²) in [6.07, 6.45) is 5.48. The second-order valence-electron chi connectivity index (χ2n) is 8.29. The molecule has 2 fully saturated rings. The van der Waals surface area contributed by atoms with Gasteiger partial charge in [-0.1, -0.05) is 18.9 Å². The summed E-state index contributed by atoms with van der Waals surface area (Å²) in [7, 11) is 0. The summed E-state index contributed by atoms with van der Waals surface area (Å²) in [5, 5.41) is 21.3. The maximum absolute atomic E-state index is 13.3. The van der Waals surface area contributed by atoms with Crippen molar-refractivity contribution in [1.82, 2.24) is 10.2 Å². The molecule has 2 aliphatic carbocycles. The van der Waals surface area contributed by atoms with Gasteiger partial charge in [0.2, 0.25) is 11.8 Å². The number of fused-ring (bicyclic) bond motifs is 1. The molecule has 2 saturated carbocycles. The maximum atomic E-state index is 13.3. The molecule has 6 heteroatoms. The summed E-state index contributed by atoms with van der Waals surface area (Å²) >= 11 is 0. The highest BCUT2D eigenvalue weighted by Crippen LogP contribution is 2.38. The molecule has 1 heterocycles. The molecule has 0 bridgehead atoms. The number of carbonyl (C=O) groups excluding carboxylic acids is 2. The molecular formula is C22H24N4O2. The van der Waals surface area contributed by atoms with Gasteiger partial charge in [0.15, 0.2) is 0 Å². The van der Waals surface area contributed by atoms with Crippen LogP contribution in [0.5, 0.6) is 0 Å². The van der Waals surface area contributed by atoms with Gasteiger partial charge < -0.3 is 10.2 Å². The van der Waals surface area contributed by atoms with Crippen molar-refractivity contribution in [3.05, 3.63) is 34.9 Å². The number of rotatable bonds is 3. The fraction of sp³-hybridized carbons (Fsp3) is 0.545. The van der Waals surface area contributed by atoms with Crippen LogP contribution in [0.25, 0.3) is 0 Å². The molecule has 1 aromatic carbocycles. The summed E-state index contributed by atoms with van der Waals surface area (Å²) in [4.78, 5) is 28.0. The zero-order chi connectivity index (χ0) is 19.7. The minimum atomic E-state index is -0.695. The summed E-state index contributed by atoms with van der Waals surface area (Å²) in [6, 6.07) is 10.0. The molecule has 4 rings (SSSR count). The van der Waals surface area contributed by atoms with Crippen LogP contribution in [0.15, 0.2) is 18.2 Å². The Morgan fingerprint density at radius 3 is 2.54 bits per heavy atom. The van der Waals surface area contributed by atoms with Crippen LogP contribution < -0.4 is 5.32 Å². The molecular weight excluding hydrogens is 352 g/mol. The molecule has 1 aromatic rings. The van der Waals surface area contributed by atoms with Gasteiger partial charge in [-0.2, -0.15) is 10.5 Å². The Balaban J connectivity index is 1.48. The lowest BCUT2D eigenvalue weighted by molar-refractivity contribution is -0.144. The predicted octanol–water partition coefficient (Wildman–Crippen LogP) is 2.42. The number of hydrogen-bond donors (Lipinski definition) is 1. The minimum absolute atomic E-state index is 0.0367. The van der Waals surface area contributed by atoms with Crippen LogP contribution >= 0.6 is 0 Å². The molecule has 6 nitrogen and oxygen atoms in total. The highest BCUT2D eigenvalue weighted by Gasteiger charge is 2.47. The van der Waals surface area contributed by atoms with Crippen LogP contribution in [0.1, 0.15) is 55.2 Å². The van der Waals surface area contributed by atoms with Gasteiger partial charge in [0.25, 0.3) is 0 Å². The van der Waals surface area contributed by atoms with Crippen LogP contribution in [0.4, 0.5) is 0 Å². The molecule has 0 unspecified atom stereocenters. The Morgan fingerprint density at radius 2 is 1.86 bits per heavy atom. The third kappa shape index (κ3) is 3.47. The van der Waals surface area contributed by atoms with Crippen LogP contribution in [-0.2, 0) is 22.6 Å². The average molecular weight is 376 g/mol. The fourth-order valence-corrected chi connectivity index (χ4v) is 4.51. The van der Waals surface area contributed by atoms with Crippen molar-refractivity contribution in [3.8, 4) is 12.1 Å². The van der Waals surface area contributed by atoms with Crippen molar-refractivity contribution in [2.24, 2.45) is 11.8 Å². The molecule has 0 spiro atoms. The highest BCUT2D eigenvalue weighted by molar-refractivity contribution is 5.88. The van der Waals surface area contributed by atoms with Crippen molar-refractivity contribution in [2.75, 3.05) is 6.54 Å². The third-order valence-electron chi connectivity index (χ3n) is 6.41. The van der Waals surface area contributed by atoms with E-state index in [2.05, 4.69) is 17.5 Å². The topological polar surface area (TPSA) is 97.0 Å². The highest BCUT2D eigenvalue weighted by atomic mass is 16.2. The molecule has 0 radical (unpaired) electrons. The second kappa shape index (κ2) is 7.28. The van der Waals surface area contributed by atoms with Gasteiger partial charge in [0.1, 0.15) is 5.54 Å². The van der Waals surface area contributed by atoms with Crippen LogP contribution in [0.3, 0.4) is 0 Å². The molecule has 1 aliphatic heterocycles. The first-order valence-corrected chi connectivity index (χ1v) is 10.1. The molecule has 2 amide bonds. The normalized spacial score (nSPS) is 25.0. The lowest BCUT2D eigenvalue weighted by Crippen LogP contribution is -2.48. The zero-order valence-electron chi connectivity index (χ0n) is 15.9. The predicted molar refractivity (Wildman–Crippen MR) is 101 cm³/mol. The van der Waals surface area contributed by atoms with E-state index in [1.54, 1.807) is 0 Å². The molecule has 2 atom stereocenters. The van der Waals surface area contributed by atoms with Gasteiger partial charge in [0, 0.05) is 24.9 Å². The number of nitrogens with zero attached hydrogens (tertiary/aromatic N) is 3. The van der Waals surface area contributed by atoms with E-state index in [4.69, 9.17) is 5.26 Å². The molecule has 0 aromatic heterocycles. The van der Waals surface area contributed by atoms with E-state index in [0.29, 0.717) is 37.9 Å². The molecule has 0 saturated heterocycles. The number of amides is 2. The summed E-state index contributed by atoms with van der Waals surface area (Å²) in [5.74, 6) is -0.765. The van der Waals surface area contributed by atoms with E-state index in [0.717, 1.165) is 31.2 Å². The fourth-order valence-electron chi connectivity index (χ4n) is 4.51. The van der Waals surface area contributed by atoms with Crippen LogP contribution in [0.2, 0.25) is 0 Å². The van der Waals surface area contributed by atoms with E-state index >= 15 is 0 Å². The quantitative estimate of drug-likeness (QED) is 0.876. The molecule has 28 heavy (non-hydrogen) atoms. The largest absolute Gasteiger partial charge is 0.338 e. The Hall–Kier alpha value is -2.86. The van der Waals surface area contributed by atoms with E-state index in [1.165, 1.54) is 5.56 Å². The number of carbonyl (C=O) groups is 2. The SMILES string of the molecule is N#Cc1ccc2c(c1)CN(C(=O)[C@@H]1CCCC[C@H]1C(=O)NC1(C#N)CC1)CC2. The Morgan fingerprint density at radius 1 is 1.11 bits per heavy atom. The zero-order valence-corrected chi connectivity index (χ0v) is 15.9. The first-order valence-electron chi connectivity index (χ1n) is 10.1. The number of benzene rings is 1. The lowest BCUT2D eigenvalue weighted by Gasteiger charge is -2.36. The van der Waals surface area contributed by atoms with Gasteiger partial charge in [0.05, 0.1) is 17.7 Å². The van der Waals surface area contributed by atoms with Crippen molar-refractivity contribution >= 4 is 11.8 Å².